The van der Waals surface area contributed by atoms with Crippen molar-refractivity contribution in [3.05, 3.63) is 69.8 Å². The van der Waals surface area contributed by atoms with Crippen LogP contribution in [0.5, 0.6) is 0 Å². The van der Waals surface area contributed by atoms with E-state index in [-0.39, 0.29) is 70.8 Å². The minimum atomic E-state index is -1.52. The Hall–Kier alpha value is -3.64. The highest BCUT2D eigenvalue weighted by Gasteiger charge is 2.50. The van der Waals surface area contributed by atoms with Gasteiger partial charge in [0.05, 0.1) is 22.8 Å². The number of rotatable bonds is 6. The minimum absolute atomic E-state index is 0.0128. The monoisotopic (exact) mass is 588 g/mol. The Bertz CT molecular complexity index is 1590. The van der Waals surface area contributed by atoms with E-state index in [0.29, 0.717) is 0 Å². The van der Waals surface area contributed by atoms with Gasteiger partial charge in [-0.3, -0.25) is 19.2 Å². The van der Waals surface area contributed by atoms with Gasteiger partial charge < -0.3 is 15.3 Å². The van der Waals surface area contributed by atoms with Gasteiger partial charge in [-0.1, -0.05) is 23.7 Å². The summed E-state index contributed by atoms with van der Waals surface area (Å²) in [6.07, 6.45) is 3.87. The average Bonchev–Trinajstić information content (AvgIpc) is 3.70. The van der Waals surface area contributed by atoms with Crippen LogP contribution in [0, 0.1) is 23.4 Å². The first-order chi connectivity index (χ1) is 19.3. The van der Waals surface area contributed by atoms with Gasteiger partial charge in [-0.15, -0.1) is 0 Å². The van der Waals surface area contributed by atoms with Gasteiger partial charge in [-0.2, -0.15) is 5.10 Å². The predicted octanol–water partition coefficient (Wildman–Crippen LogP) is 3.64. The van der Waals surface area contributed by atoms with Gasteiger partial charge in [0.25, 0.3) is 11.8 Å². The van der Waals surface area contributed by atoms with Gasteiger partial charge in [-0.05, 0) is 38.7 Å². The average molecular weight is 589 g/mol. The lowest BCUT2D eigenvalue weighted by atomic mass is 9.71. The van der Waals surface area contributed by atoms with E-state index < -0.39 is 34.4 Å². The van der Waals surface area contributed by atoms with Crippen molar-refractivity contribution in [1.29, 1.82) is 0 Å². The molecule has 2 aliphatic heterocycles. The van der Waals surface area contributed by atoms with Crippen molar-refractivity contribution in [1.82, 2.24) is 19.7 Å². The van der Waals surface area contributed by atoms with Gasteiger partial charge in [0, 0.05) is 49.4 Å². The van der Waals surface area contributed by atoms with E-state index in [2.05, 4.69) is 15.4 Å². The molecule has 6 rings (SSSR count). The van der Waals surface area contributed by atoms with E-state index in [4.69, 9.17) is 11.6 Å². The number of benzene rings is 1. The number of carbonyl (C=O) groups excluding carboxylic acids is 2. The number of carbonyl (C=O) groups is 2. The van der Waals surface area contributed by atoms with E-state index in [1.165, 1.54) is 47.9 Å². The van der Waals surface area contributed by atoms with E-state index in [1.54, 1.807) is 6.92 Å². The van der Waals surface area contributed by atoms with Crippen molar-refractivity contribution in [2.45, 2.75) is 43.7 Å². The van der Waals surface area contributed by atoms with Crippen LogP contribution >= 0.6 is 11.6 Å². The molecule has 0 radical (unpaired) electrons. The first-order valence-corrected chi connectivity index (χ1v) is 13.6. The molecule has 1 unspecified atom stereocenters. The van der Waals surface area contributed by atoms with Crippen molar-refractivity contribution in [3.8, 4) is 0 Å². The van der Waals surface area contributed by atoms with Crippen LogP contribution in [0.2, 0.25) is 5.02 Å². The molecule has 2 atom stereocenters. The number of aromatic nitrogens is 3. The largest absolute Gasteiger partial charge is 0.380 e. The molecular formula is C28H28ClF3N6O3. The maximum Gasteiger partial charge on any atom is 0.261 e. The van der Waals surface area contributed by atoms with Crippen LogP contribution in [0.25, 0.3) is 0 Å². The molecule has 9 nitrogen and oxygen atoms in total. The van der Waals surface area contributed by atoms with Crippen LogP contribution in [0.3, 0.4) is 0 Å². The standard InChI is InChI=1S/C28H28ClF3N6O3/c1-27(17-5-4-6-18(29)21(17)31)13-38(24-19(30)12-36(3)35-24)25(39)16-9-33-23(22(32)20(16)27)34-15-10-37(11-15)26(40)28(2,41)14-7-8-14/h4-6,9,12,14-15,41H,7-8,10-11,13H2,1-3H3,(H,33,34)/t27-,28?/m1/s1. The highest BCUT2D eigenvalue weighted by molar-refractivity contribution is 6.30. The molecule has 4 heterocycles. The SMILES string of the molecule is Cn1cc(F)c(N2C[C@](C)(c3cccc(Cl)c3F)c3c(cnc(NC4CN(C(=O)C(C)(O)C5CC5)C4)c3F)C2=O)n1. The summed E-state index contributed by atoms with van der Waals surface area (Å²) in [5.41, 5.74) is -3.22. The highest BCUT2D eigenvalue weighted by atomic mass is 35.5. The highest BCUT2D eigenvalue weighted by Crippen LogP contribution is 2.45. The van der Waals surface area contributed by atoms with E-state index >= 15 is 8.78 Å². The second-order valence-electron chi connectivity index (χ2n) is 11.5. The van der Waals surface area contributed by atoms with Crippen molar-refractivity contribution >= 4 is 35.1 Å². The second-order valence-corrected chi connectivity index (χ2v) is 11.9. The number of aliphatic hydroxyl groups is 1. The molecule has 1 aromatic carbocycles. The van der Waals surface area contributed by atoms with Gasteiger partial charge in [0.1, 0.15) is 11.4 Å². The zero-order chi connectivity index (χ0) is 29.4. The summed E-state index contributed by atoms with van der Waals surface area (Å²) in [6, 6.07) is 3.96. The molecule has 0 bridgehead atoms. The Morgan fingerprint density at radius 1 is 1.22 bits per heavy atom. The Balaban J connectivity index is 1.36. The van der Waals surface area contributed by atoms with Crippen LogP contribution in [0.1, 0.15) is 48.2 Å². The molecule has 2 fully saturated rings. The fourth-order valence-electron chi connectivity index (χ4n) is 5.92. The third-order valence-electron chi connectivity index (χ3n) is 8.40. The molecule has 13 heteroatoms. The number of nitrogens with zero attached hydrogens (tertiary/aromatic N) is 5. The topological polar surface area (TPSA) is 104 Å². The molecule has 41 heavy (non-hydrogen) atoms. The van der Waals surface area contributed by atoms with Crippen LogP contribution in [0.15, 0.2) is 30.6 Å². The van der Waals surface area contributed by atoms with Crippen molar-refractivity contribution in [3.63, 3.8) is 0 Å². The van der Waals surface area contributed by atoms with Crippen molar-refractivity contribution in [2.75, 3.05) is 29.9 Å². The van der Waals surface area contributed by atoms with Crippen molar-refractivity contribution < 1.29 is 27.9 Å². The summed E-state index contributed by atoms with van der Waals surface area (Å²) in [6.45, 7) is 3.20. The van der Waals surface area contributed by atoms with E-state index in [9.17, 15) is 19.1 Å². The Kier molecular flexibility index (Phi) is 6.34. The molecule has 2 amide bonds. The Morgan fingerprint density at radius 3 is 2.56 bits per heavy atom. The van der Waals surface area contributed by atoms with Crippen LogP contribution in [-0.2, 0) is 17.3 Å². The quantitative estimate of drug-likeness (QED) is 0.456. The zero-order valence-electron chi connectivity index (χ0n) is 22.6. The van der Waals surface area contributed by atoms with Gasteiger partial charge in [-0.25, -0.2) is 18.2 Å². The van der Waals surface area contributed by atoms with Gasteiger partial charge >= 0.3 is 0 Å². The number of halogens is 4. The minimum Gasteiger partial charge on any atom is -0.380 e. The molecule has 216 valence electrons. The third-order valence-corrected chi connectivity index (χ3v) is 8.70. The lowest BCUT2D eigenvalue weighted by Gasteiger charge is -2.44. The summed E-state index contributed by atoms with van der Waals surface area (Å²) in [4.78, 5) is 33.0. The van der Waals surface area contributed by atoms with Gasteiger partial charge in [0.2, 0.25) is 0 Å². The van der Waals surface area contributed by atoms with Crippen LogP contribution in [0.4, 0.5) is 24.8 Å². The summed E-state index contributed by atoms with van der Waals surface area (Å²) in [7, 11) is 1.49. The number of pyridine rings is 1. The first-order valence-electron chi connectivity index (χ1n) is 13.3. The molecule has 3 aliphatic rings. The number of aryl methyl sites for hydroxylation is 1. The predicted molar refractivity (Wildman–Crippen MR) is 144 cm³/mol. The van der Waals surface area contributed by atoms with Crippen LogP contribution < -0.4 is 10.2 Å². The summed E-state index contributed by atoms with van der Waals surface area (Å²) in [5.74, 6) is -4.03. The number of likely N-dealkylation sites (tertiary alicyclic amines) is 1. The molecule has 1 aliphatic carbocycles. The molecule has 1 saturated carbocycles. The lowest BCUT2D eigenvalue weighted by Crippen LogP contribution is -2.62. The molecule has 2 aromatic heterocycles. The van der Waals surface area contributed by atoms with E-state index in [0.717, 1.165) is 23.9 Å². The van der Waals surface area contributed by atoms with Gasteiger partial charge in [0.15, 0.2) is 23.3 Å². The number of fused-ring (bicyclic) bond motifs is 1. The normalized spacial score (nSPS) is 22.3. The maximum atomic E-state index is 16.4. The number of nitrogens with one attached hydrogen (secondary N) is 1. The summed E-state index contributed by atoms with van der Waals surface area (Å²) < 4.78 is 47.8. The fraction of sp³-hybridized carbons (Fsp3) is 0.429. The van der Waals surface area contributed by atoms with Crippen LogP contribution in [-0.4, -0.2) is 67.9 Å². The van der Waals surface area contributed by atoms with Crippen molar-refractivity contribution in [2.24, 2.45) is 13.0 Å². The fourth-order valence-corrected chi connectivity index (χ4v) is 6.10. The number of amides is 2. The smallest absolute Gasteiger partial charge is 0.261 e. The summed E-state index contributed by atoms with van der Waals surface area (Å²) >= 11 is 6.09. The number of hydrogen-bond donors (Lipinski definition) is 2. The van der Waals surface area contributed by atoms with E-state index in [1.807, 2.05) is 0 Å². The molecular weight excluding hydrogens is 561 g/mol. The Morgan fingerprint density at radius 2 is 1.93 bits per heavy atom. The lowest BCUT2D eigenvalue weighted by molar-refractivity contribution is -0.156. The molecule has 2 N–H and O–H groups in total. The second kappa shape index (κ2) is 9.45. The molecule has 3 aromatic rings. The Labute approximate surface area is 238 Å². The first kappa shape index (κ1) is 27.5. The number of hydrogen-bond acceptors (Lipinski definition) is 6. The maximum absolute atomic E-state index is 16.4. The molecule has 0 spiro atoms. The zero-order valence-corrected chi connectivity index (χ0v) is 23.3. The molecule has 1 saturated heterocycles. The number of anilines is 2. The third kappa shape index (κ3) is 4.35. The summed E-state index contributed by atoms with van der Waals surface area (Å²) in [5, 5.41) is 17.4.